The van der Waals surface area contributed by atoms with Crippen LogP contribution in [-0.4, -0.2) is 21.0 Å². The topological polar surface area (TPSA) is 93.3 Å². The zero-order valence-corrected chi connectivity index (χ0v) is 9.65. The van der Waals surface area contributed by atoms with E-state index < -0.39 is 10.9 Å². The van der Waals surface area contributed by atoms with Crippen molar-refractivity contribution in [2.75, 3.05) is 0 Å². The molecule has 0 aliphatic rings. The summed E-state index contributed by atoms with van der Waals surface area (Å²) >= 11 is 0.951. The maximum atomic E-state index is 10.8. The number of hydrogen-bond acceptors (Lipinski definition) is 5. The molecule has 2 aromatic rings. The van der Waals surface area contributed by atoms with Crippen molar-refractivity contribution in [1.82, 2.24) is 4.98 Å². The van der Waals surface area contributed by atoms with Crippen molar-refractivity contribution in [1.29, 1.82) is 0 Å². The van der Waals surface area contributed by atoms with Crippen LogP contribution in [0.3, 0.4) is 0 Å². The fourth-order valence-corrected chi connectivity index (χ4v) is 2.43. The summed E-state index contributed by atoms with van der Waals surface area (Å²) in [5, 5.41) is 19.5. The molecule has 1 N–H and O–H groups in total. The largest absolute Gasteiger partial charge is 0.476 e. The molecule has 0 aliphatic heterocycles. The lowest BCUT2D eigenvalue weighted by Crippen LogP contribution is -1.94. The van der Waals surface area contributed by atoms with Gasteiger partial charge in [0.2, 0.25) is 5.01 Å². The summed E-state index contributed by atoms with van der Waals surface area (Å²) in [6, 6.07) is 2.80. The van der Waals surface area contributed by atoms with Crippen LogP contribution in [0.5, 0.6) is 0 Å². The van der Waals surface area contributed by atoms with E-state index in [4.69, 9.17) is 5.11 Å². The molecule has 17 heavy (non-hydrogen) atoms. The standard InChI is InChI=1S/C10H8N2O4S/c1-2-5-3-6(12(15)16)4-7-8(5)11-9(17-7)10(13)14/h3-4H,2H2,1H3,(H,13,14). The van der Waals surface area contributed by atoms with Gasteiger partial charge in [-0.25, -0.2) is 9.78 Å². The van der Waals surface area contributed by atoms with Gasteiger partial charge in [0.05, 0.1) is 15.1 Å². The summed E-state index contributed by atoms with van der Waals surface area (Å²) in [5.74, 6) is -1.11. The second-order valence-electron chi connectivity index (χ2n) is 3.39. The second-order valence-corrected chi connectivity index (χ2v) is 4.42. The Hall–Kier alpha value is -2.02. The molecule has 0 saturated carbocycles. The number of aromatic nitrogens is 1. The number of hydrogen-bond donors (Lipinski definition) is 1. The van der Waals surface area contributed by atoms with Crippen molar-refractivity contribution in [3.05, 3.63) is 32.8 Å². The number of non-ortho nitro benzene ring substituents is 1. The Morgan fingerprint density at radius 3 is 2.82 bits per heavy atom. The minimum Gasteiger partial charge on any atom is -0.476 e. The van der Waals surface area contributed by atoms with E-state index in [-0.39, 0.29) is 10.7 Å². The molecular weight excluding hydrogens is 244 g/mol. The second kappa shape index (κ2) is 4.10. The van der Waals surface area contributed by atoms with Crippen LogP contribution in [0.2, 0.25) is 0 Å². The zero-order valence-electron chi connectivity index (χ0n) is 8.84. The lowest BCUT2D eigenvalue weighted by atomic mass is 10.1. The Bertz CT molecular complexity index is 620. The first-order chi connectivity index (χ1) is 8.02. The van der Waals surface area contributed by atoms with E-state index in [1.54, 1.807) is 0 Å². The monoisotopic (exact) mass is 252 g/mol. The molecular formula is C10H8N2O4S. The van der Waals surface area contributed by atoms with E-state index in [1.807, 2.05) is 6.92 Å². The Kier molecular flexibility index (Phi) is 2.76. The molecule has 1 heterocycles. The van der Waals surface area contributed by atoms with Gasteiger partial charge in [-0.3, -0.25) is 10.1 Å². The molecule has 0 amide bonds. The molecule has 0 saturated heterocycles. The van der Waals surface area contributed by atoms with Crippen LogP contribution in [0.1, 0.15) is 22.3 Å². The summed E-state index contributed by atoms with van der Waals surface area (Å²) in [7, 11) is 0. The van der Waals surface area contributed by atoms with E-state index in [2.05, 4.69) is 4.98 Å². The molecule has 0 unspecified atom stereocenters. The molecule has 0 bridgehead atoms. The first kappa shape index (κ1) is 11.5. The molecule has 1 aromatic heterocycles. The minimum atomic E-state index is -1.11. The number of aromatic carboxylic acids is 1. The van der Waals surface area contributed by atoms with Crippen LogP contribution in [0.4, 0.5) is 5.69 Å². The molecule has 88 valence electrons. The summed E-state index contributed by atoms with van der Waals surface area (Å²) in [5.41, 5.74) is 1.20. The Morgan fingerprint density at radius 1 is 1.59 bits per heavy atom. The molecule has 7 heteroatoms. The van der Waals surface area contributed by atoms with E-state index in [0.29, 0.717) is 22.2 Å². The van der Waals surface area contributed by atoms with Crippen molar-refractivity contribution < 1.29 is 14.8 Å². The number of aryl methyl sites for hydroxylation is 1. The van der Waals surface area contributed by atoms with Gasteiger partial charge in [-0.05, 0) is 12.0 Å². The summed E-state index contributed by atoms with van der Waals surface area (Å²) in [6.07, 6.45) is 0.570. The predicted octanol–water partition coefficient (Wildman–Crippen LogP) is 2.47. The third-order valence-corrected chi connectivity index (χ3v) is 3.32. The molecule has 0 spiro atoms. The molecule has 0 atom stereocenters. The lowest BCUT2D eigenvalue weighted by Gasteiger charge is -1.98. The van der Waals surface area contributed by atoms with Gasteiger partial charge in [-0.15, -0.1) is 11.3 Å². The van der Waals surface area contributed by atoms with Crippen LogP contribution in [0.15, 0.2) is 12.1 Å². The predicted molar refractivity (Wildman–Crippen MR) is 62.6 cm³/mol. The highest BCUT2D eigenvalue weighted by Crippen LogP contribution is 2.30. The normalized spacial score (nSPS) is 10.6. The molecule has 6 nitrogen and oxygen atoms in total. The number of rotatable bonds is 3. The molecule has 0 radical (unpaired) electrons. The van der Waals surface area contributed by atoms with Crippen molar-refractivity contribution >= 4 is 33.2 Å². The summed E-state index contributed by atoms with van der Waals surface area (Å²) in [4.78, 5) is 25.0. The first-order valence-electron chi connectivity index (χ1n) is 4.84. The summed E-state index contributed by atoms with van der Waals surface area (Å²) in [6.45, 7) is 1.85. The highest BCUT2D eigenvalue weighted by Gasteiger charge is 2.17. The van der Waals surface area contributed by atoms with Gasteiger partial charge in [0, 0.05) is 12.1 Å². The number of nitro groups is 1. The fraction of sp³-hybridized carbons (Fsp3) is 0.200. The highest BCUT2D eigenvalue weighted by atomic mass is 32.1. The quantitative estimate of drug-likeness (QED) is 0.669. The first-order valence-corrected chi connectivity index (χ1v) is 5.65. The van der Waals surface area contributed by atoms with Gasteiger partial charge in [-0.2, -0.15) is 0 Å². The SMILES string of the molecule is CCc1cc([N+](=O)[O-])cc2sc(C(=O)O)nc12. The molecule has 2 rings (SSSR count). The van der Waals surface area contributed by atoms with Gasteiger partial charge < -0.3 is 5.11 Å². The van der Waals surface area contributed by atoms with Crippen LogP contribution in [-0.2, 0) is 6.42 Å². The van der Waals surface area contributed by atoms with Crippen molar-refractivity contribution in [2.45, 2.75) is 13.3 Å². The molecule has 0 fully saturated rings. The fourth-order valence-electron chi connectivity index (χ4n) is 1.55. The van der Waals surface area contributed by atoms with Gasteiger partial charge in [0.1, 0.15) is 0 Å². The zero-order chi connectivity index (χ0) is 12.6. The van der Waals surface area contributed by atoms with Crippen molar-refractivity contribution in [3.8, 4) is 0 Å². The number of thiazole rings is 1. The maximum Gasteiger partial charge on any atom is 0.365 e. The van der Waals surface area contributed by atoms with Gasteiger partial charge >= 0.3 is 5.97 Å². The van der Waals surface area contributed by atoms with E-state index in [9.17, 15) is 14.9 Å². The highest BCUT2D eigenvalue weighted by molar-refractivity contribution is 7.20. The van der Waals surface area contributed by atoms with Gasteiger partial charge in [-0.1, -0.05) is 6.92 Å². The number of carboxylic acids is 1. The van der Waals surface area contributed by atoms with Gasteiger partial charge in [0.15, 0.2) is 0 Å². The third-order valence-electron chi connectivity index (χ3n) is 2.33. The number of benzene rings is 1. The molecule has 1 aromatic carbocycles. The average Bonchev–Trinajstić information content (AvgIpc) is 2.71. The summed E-state index contributed by atoms with van der Waals surface area (Å²) < 4.78 is 0.536. The van der Waals surface area contributed by atoms with E-state index >= 15 is 0 Å². The van der Waals surface area contributed by atoms with Crippen LogP contribution < -0.4 is 0 Å². The van der Waals surface area contributed by atoms with Gasteiger partial charge in [0.25, 0.3) is 5.69 Å². The number of nitrogens with zero attached hydrogens (tertiary/aromatic N) is 2. The number of fused-ring (bicyclic) bond motifs is 1. The number of nitro benzene ring substituents is 1. The van der Waals surface area contributed by atoms with Crippen LogP contribution in [0.25, 0.3) is 10.2 Å². The Labute approximate surface area is 99.7 Å². The van der Waals surface area contributed by atoms with Crippen LogP contribution in [0, 0.1) is 10.1 Å². The molecule has 0 aliphatic carbocycles. The number of carbonyl (C=O) groups is 1. The van der Waals surface area contributed by atoms with Crippen molar-refractivity contribution in [2.24, 2.45) is 0 Å². The smallest absolute Gasteiger partial charge is 0.365 e. The van der Waals surface area contributed by atoms with E-state index in [0.717, 1.165) is 11.3 Å². The maximum absolute atomic E-state index is 10.8. The number of carboxylic acid groups (broad SMARTS) is 1. The average molecular weight is 252 g/mol. The Balaban J connectivity index is 2.73. The van der Waals surface area contributed by atoms with Crippen LogP contribution >= 0.6 is 11.3 Å². The third kappa shape index (κ3) is 1.96. The van der Waals surface area contributed by atoms with Crippen molar-refractivity contribution in [3.63, 3.8) is 0 Å². The lowest BCUT2D eigenvalue weighted by molar-refractivity contribution is -0.384. The minimum absolute atomic E-state index is 0.0325. The Morgan fingerprint density at radius 2 is 2.29 bits per heavy atom. The van der Waals surface area contributed by atoms with E-state index in [1.165, 1.54) is 12.1 Å².